The average molecular weight is 233 g/mol. The van der Waals surface area contributed by atoms with Gasteiger partial charge < -0.3 is 14.8 Å². The van der Waals surface area contributed by atoms with Crippen LogP contribution in [-0.4, -0.2) is 25.8 Å². The Bertz CT molecular complexity index is 374. The summed E-state index contributed by atoms with van der Waals surface area (Å²) in [5, 5.41) is 3.40. The van der Waals surface area contributed by atoms with E-state index in [1.54, 1.807) is 0 Å². The van der Waals surface area contributed by atoms with Crippen LogP contribution in [0, 0.1) is 5.92 Å². The van der Waals surface area contributed by atoms with Gasteiger partial charge >= 0.3 is 0 Å². The third-order valence-corrected chi connectivity index (χ3v) is 3.62. The molecule has 0 bridgehead atoms. The van der Waals surface area contributed by atoms with Crippen LogP contribution in [0.15, 0.2) is 24.3 Å². The molecule has 1 aromatic carbocycles. The maximum absolute atomic E-state index is 5.99. The van der Waals surface area contributed by atoms with Crippen LogP contribution in [0.1, 0.15) is 19.3 Å². The fraction of sp³-hybridized carbons (Fsp3) is 0.571. The van der Waals surface area contributed by atoms with Crippen LogP contribution in [-0.2, 0) is 0 Å². The number of nitrogens with one attached hydrogen (secondary N) is 1. The van der Waals surface area contributed by atoms with Gasteiger partial charge in [0.15, 0.2) is 11.5 Å². The van der Waals surface area contributed by atoms with E-state index >= 15 is 0 Å². The van der Waals surface area contributed by atoms with Crippen molar-refractivity contribution in [3.8, 4) is 11.5 Å². The molecule has 3 rings (SSSR count). The number of hydrogen-bond acceptors (Lipinski definition) is 3. The Morgan fingerprint density at radius 2 is 1.88 bits per heavy atom. The van der Waals surface area contributed by atoms with Gasteiger partial charge in [-0.25, -0.2) is 0 Å². The summed E-state index contributed by atoms with van der Waals surface area (Å²) >= 11 is 0. The minimum atomic E-state index is 0.230. The fourth-order valence-electron chi connectivity index (χ4n) is 2.67. The summed E-state index contributed by atoms with van der Waals surface area (Å²) in [7, 11) is 0. The second kappa shape index (κ2) is 4.96. The summed E-state index contributed by atoms with van der Waals surface area (Å²) in [5.41, 5.74) is 0. The van der Waals surface area contributed by atoms with Crippen LogP contribution < -0.4 is 14.8 Å². The summed E-state index contributed by atoms with van der Waals surface area (Å²) < 4.78 is 11.7. The highest BCUT2D eigenvalue weighted by Crippen LogP contribution is 2.33. The summed E-state index contributed by atoms with van der Waals surface area (Å²) in [4.78, 5) is 0. The van der Waals surface area contributed by atoms with Crippen molar-refractivity contribution in [2.45, 2.75) is 25.4 Å². The van der Waals surface area contributed by atoms with Gasteiger partial charge in [-0.1, -0.05) is 12.1 Å². The van der Waals surface area contributed by atoms with E-state index in [0.717, 1.165) is 36.9 Å². The fourth-order valence-corrected chi connectivity index (χ4v) is 2.67. The zero-order chi connectivity index (χ0) is 11.5. The van der Waals surface area contributed by atoms with Crippen molar-refractivity contribution in [3.63, 3.8) is 0 Å². The van der Waals surface area contributed by atoms with Crippen LogP contribution in [0.4, 0.5) is 0 Å². The molecular weight excluding hydrogens is 214 g/mol. The quantitative estimate of drug-likeness (QED) is 0.849. The Morgan fingerprint density at radius 3 is 2.71 bits per heavy atom. The number of benzene rings is 1. The third kappa shape index (κ3) is 2.55. The summed E-state index contributed by atoms with van der Waals surface area (Å²) in [6.07, 6.45) is 3.88. The van der Waals surface area contributed by atoms with Crippen LogP contribution in [0.25, 0.3) is 0 Å². The van der Waals surface area contributed by atoms with Crippen molar-refractivity contribution in [2.24, 2.45) is 5.92 Å². The van der Waals surface area contributed by atoms with Crippen molar-refractivity contribution in [1.82, 2.24) is 5.32 Å². The predicted molar refractivity (Wildman–Crippen MR) is 66.6 cm³/mol. The van der Waals surface area contributed by atoms with Gasteiger partial charge in [-0.3, -0.25) is 0 Å². The summed E-state index contributed by atoms with van der Waals surface area (Å²) in [5.74, 6) is 2.57. The summed E-state index contributed by atoms with van der Waals surface area (Å²) in [6.45, 7) is 2.99. The highest BCUT2D eigenvalue weighted by molar-refractivity contribution is 5.40. The lowest BCUT2D eigenvalue weighted by Gasteiger charge is -2.30. The van der Waals surface area contributed by atoms with E-state index < -0.39 is 0 Å². The topological polar surface area (TPSA) is 30.5 Å². The first-order valence-electron chi connectivity index (χ1n) is 6.51. The SMILES string of the molecule is c1ccc2c(c1)OCC(CC1CCNCC1)O2. The Balaban J connectivity index is 1.60. The first kappa shape index (κ1) is 10.9. The van der Waals surface area contributed by atoms with Crippen molar-refractivity contribution in [2.75, 3.05) is 19.7 Å². The van der Waals surface area contributed by atoms with E-state index in [-0.39, 0.29) is 6.10 Å². The smallest absolute Gasteiger partial charge is 0.161 e. The number of hydrogen-bond donors (Lipinski definition) is 1. The lowest BCUT2D eigenvalue weighted by atomic mass is 9.92. The number of fused-ring (bicyclic) bond motifs is 1. The van der Waals surface area contributed by atoms with Crippen molar-refractivity contribution < 1.29 is 9.47 Å². The van der Waals surface area contributed by atoms with E-state index in [0.29, 0.717) is 6.61 Å². The molecule has 1 saturated heterocycles. The summed E-state index contributed by atoms with van der Waals surface area (Å²) in [6, 6.07) is 7.93. The Kier molecular flexibility index (Phi) is 3.18. The van der Waals surface area contributed by atoms with Gasteiger partial charge in [-0.2, -0.15) is 0 Å². The molecule has 0 saturated carbocycles. The molecule has 1 fully saturated rings. The van der Waals surface area contributed by atoms with Crippen LogP contribution in [0.5, 0.6) is 11.5 Å². The highest BCUT2D eigenvalue weighted by Gasteiger charge is 2.24. The van der Waals surface area contributed by atoms with Gasteiger partial charge in [0.05, 0.1) is 0 Å². The molecule has 0 aromatic heterocycles. The van der Waals surface area contributed by atoms with E-state index in [2.05, 4.69) is 5.32 Å². The van der Waals surface area contributed by atoms with E-state index in [4.69, 9.17) is 9.47 Å². The van der Waals surface area contributed by atoms with Gasteiger partial charge in [0.25, 0.3) is 0 Å². The molecule has 2 aliphatic rings. The maximum atomic E-state index is 5.99. The van der Waals surface area contributed by atoms with E-state index in [1.165, 1.54) is 12.8 Å². The molecule has 0 spiro atoms. The van der Waals surface area contributed by atoms with Crippen LogP contribution in [0.3, 0.4) is 0 Å². The molecule has 1 N–H and O–H groups in total. The molecule has 3 nitrogen and oxygen atoms in total. The Morgan fingerprint density at radius 1 is 1.12 bits per heavy atom. The number of ether oxygens (including phenoxy) is 2. The number of rotatable bonds is 2. The molecule has 1 atom stereocenters. The number of para-hydroxylation sites is 2. The molecule has 0 aliphatic carbocycles. The van der Waals surface area contributed by atoms with Gasteiger partial charge in [-0.05, 0) is 50.4 Å². The molecule has 2 aliphatic heterocycles. The van der Waals surface area contributed by atoms with Crippen LogP contribution in [0.2, 0.25) is 0 Å². The number of piperidine rings is 1. The third-order valence-electron chi connectivity index (χ3n) is 3.62. The Labute approximate surface area is 102 Å². The van der Waals surface area contributed by atoms with Gasteiger partial charge in [0.1, 0.15) is 12.7 Å². The van der Waals surface area contributed by atoms with Gasteiger partial charge in [-0.15, -0.1) is 0 Å². The van der Waals surface area contributed by atoms with Crippen LogP contribution >= 0.6 is 0 Å². The van der Waals surface area contributed by atoms with Crippen molar-refractivity contribution >= 4 is 0 Å². The maximum Gasteiger partial charge on any atom is 0.161 e. The lowest BCUT2D eigenvalue weighted by Crippen LogP contribution is -2.35. The molecule has 17 heavy (non-hydrogen) atoms. The molecule has 0 radical (unpaired) electrons. The molecule has 3 heteroatoms. The molecule has 0 amide bonds. The minimum Gasteiger partial charge on any atom is -0.486 e. The molecule has 92 valence electrons. The minimum absolute atomic E-state index is 0.230. The zero-order valence-electron chi connectivity index (χ0n) is 10.0. The molecule has 2 heterocycles. The monoisotopic (exact) mass is 233 g/mol. The van der Waals surface area contributed by atoms with E-state index in [1.807, 2.05) is 24.3 Å². The largest absolute Gasteiger partial charge is 0.486 e. The first-order chi connectivity index (χ1) is 8.42. The molecular formula is C14H19NO2. The molecule has 1 aromatic rings. The second-order valence-electron chi connectivity index (χ2n) is 4.93. The first-order valence-corrected chi connectivity index (χ1v) is 6.51. The van der Waals surface area contributed by atoms with Gasteiger partial charge in [0.2, 0.25) is 0 Å². The standard InChI is InChI=1S/C14H19NO2/c1-2-4-14-13(3-1)16-10-12(17-14)9-11-5-7-15-8-6-11/h1-4,11-12,15H,5-10H2. The van der Waals surface area contributed by atoms with Gasteiger partial charge in [0, 0.05) is 0 Å². The van der Waals surface area contributed by atoms with Crippen molar-refractivity contribution in [1.29, 1.82) is 0 Å². The lowest BCUT2D eigenvalue weighted by molar-refractivity contribution is 0.0678. The van der Waals surface area contributed by atoms with Crippen molar-refractivity contribution in [3.05, 3.63) is 24.3 Å². The second-order valence-corrected chi connectivity index (χ2v) is 4.93. The van der Waals surface area contributed by atoms with E-state index in [9.17, 15) is 0 Å². The Hall–Kier alpha value is -1.22. The predicted octanol–water partition coefficient (Wildman–Crippen LogP) is 2.22. The zero-order valence-corrected chi connectivity index (χ0v) is 10.0. The molecule has 1 unspecified atom stereocenters. The highest BCUT2D eigenvalue weighted by atomic mass is 16.6. The average Bonchev–Trinajstić information content (AvgIpc) is 2.40. The normalized spacial score (nSPS) is 24.6.